The highest BCUT2D eigenvalue weighted by atomic mass is 16.5. The van der Waals surface area contributed by atoms with Crippen molar-refractivity contribution in [3.8, 4) is 5.75 Å². The fourth-order valence-electron chi connectivity index (χ4n) is 4.36. The van der Waals surface area contributed by atoms with Crippen molar-refractivity contribution in [3.05, 3.63) is 64.7 Å². The Morgan fingerprint density at radius 2 is 1.89 bits per heavy atom. The van der Waals surface area contributed by atoms with Gasteiger partial charge in [-0.25, -0.2) is 0 Å². The van der Waals surface area contributed by atoms with E-state index in [1.807, 2.05) is 6.07 Å². The van der Waals surface area contributed by atoms with Crippen LogP contribution < -0.4 is 15.4 Å². The zero-order valence-corrected chi connectivity index (χ0v) is 20.8. The predicted molar refractivity (Wildman–Crippen MR) is 136 cm³/mol. The lowest BCUT2D eigenvalue weighted by Gasteiger charge is -2.25. The van der Waals surface area contributed by atoms with Gasteiger partial charge in [-0.3, -0.25) is 9.59 Å². The van der Waals surface area contributed by atoms with Crippen LogP contribution in [0, 0.1) is 0 Å². The highest BCUT2D eigenvalue weighted by Gasteiger charge is 2.37. The molecular formula is C28H37N3O4. The molecule has 0 bridgehead atoms. The number of rotatable bonds is 15. The van der Waals surface area contributed by atoms with Gasteiger partial charge in [0, 0.05) is 31.1 Å². The van der Waals surface area contributed by atoms with Gasteiger partial charge in [0.25, 0.3) is 5.91 Å². The van der Waals surface area contributed by atoms with Crippen molar-refractivity contribution < 1.29 is 19.1 Å². The van der Waals surface area contributed by atoms with Gasteiger partial charge in [0.05, 0.1) is 6.54 Å². The molecule has 0 spiro atoms. The summed E-state index contributed by atoms with van der Waals surface area (Å²) in [5.74, 6) is 0.157. The van der Waals surface area contributed by atoms with Gasteiger partial charge in [0.2, 0.25) is 5.91 Å². The summed E-state index contributed by atoms with van der Waals surface area (Å²) < 4.78 is 6.10. The molecule has 35 heavy (non-hydrogen) atoms. The molecule has 3 rings (SSSR count). The Bertz CT molecular complexity index is 990. The molecule has 0 radical (unpaired) electrons. The van der Waals surface area contributed by atoms with Crippen LogP contribution in [0.25, 0.3) is 0 Å². The lowest BCUT2D eigenvalue weighted by Crippen LogP contribution is -2.46. The van der Waals surface area contributed by atoms with E-state index in [1.165, 1.54) is 43.2 Å². The van der Waals surface area contributed by atoms with Crippen LogP contribution in [-0.4, -0.2) is 42.6 Å². The molecule has 1 unspecified atom stereocenters. The molecule has 0 saturated heterocycles. The molecule has 0 aliphatic carbocycles. The molecule has 2 aromatic carbocycles. The number of hydrogen-bond acceptors (Lipinski definition) is 5. The van der Waals surface area contributed by atoms with Crippen molar-refractivity contribution in [1.29, 1.82) is 0 Å². The average Bonchev–Trinajstić information content (AvgIpc) is 3.22. The number of likely N-dealkylation sites (N-methyl/N-ethyl adjacent to an activating group) is 1. The minimum atomic E-state index is -0.689. The summed E-state index contributed by atoms with van der Waals surface area (Å²) in [5, 5.41) is 6.10. The van der Waals surface area contributed by atoms with Crippen LogP contribution in [0.3, 0.4) is 0 Å². The standard InChI is InChI=1S/C28H37N3O4/c1-3-4-5-6-16-30-18-21-12-14-22(15-13-21)20-35-26-11-7-9-23-24(26)19-31(28(23)34)25(10-8-17-32)27(33)29-2/h7,9,11-15,17,25,30H,3-6,8,10,16,18-20H2,1-2H3,(H,29,33). The van der Waals surface area contributed by atoms with Gasteiger partial charge in [0.15, 0.2) is 0 Å². The summed E-state index contributed by atoms with van der Waals surface area (Å²) in [4.78, 5) is 37.8. The molecule has 1 aliphatic heterocycles. The Morgan fingerprint density at radius 1 is 1.11 bits per heavy atom. The summed E-state index contributed by atoms with van der Waals surface area (Å²) >= 11 is 0. The molecule has 2 amide bonds. The molecule has 188 valence electrons. The summed E-state index contributed by atoms with van der Waals surface area (Å²) in [6, 6.07) is 13.1. The Balaban J connectivity index is 1.58. The minimum absolute atomic E-state index is 0.212. The van der Waals surface area contributed by atoms with Crippen molar-refractivity contribution >= 4 is 18.1 Å². The van der Waals surface area contributed by atoms with Gasteiger partial charge in [-0.2, -0.15) is 0 Å². The van der Waals surface area contributed by atoms with E-state index in [0.29, 0.717) is 24.3 Å². The topological polar surface area (TPSA) is 87.7 Å². The van der Waals surface area contributed by atoms with Gasteiger partial charge >= 0.3 is 0 Å². The van der Waals surface area contributed by atoms with Crippen LogP contribution in [-0.2, 0) is 29.3 Å². The number of amides is 2. The van der Waals surface area contributed by atoms with E-state index in [1.54, 1.807) is 12.1 Å². The molecule has 0 fully saturated rings. The highest BCUT2D eigenvalue weighted by molar-refractivity contribution is 6.01. The smallest absolute Gasteiger partial charge is 0.255 e. The quantitative estimate of drug-likeness (QED) is 0.298. The lowest BCUT2D eigenvalue weighted by molar-refractivity contribution is -0.125. The van der Waals surface area contributed by atoms with E-state index in [4.69, 9.17) is 4.74 Å². The number of hydrogen-bond donors (Lipinski definition) is 2. The highest BCUT2D eigenvalue weighted by Crippen LogP contribution is 2.33. The van der Waals surface area contributed by atoms with Gasteiger partial charge < -0.3 is 25.1 Å². The van der Waals surface area contributed by atoms with Crippen molar-refractivity contribution in [2.24, 2.45) is 0 Å². The zero-order valence-electron chi connectivity index (χ0n) is 20.8. The van der Waals surface area contributed by atoms with Gasteiger partial charge in [0.1, 0.15) is 24.7 Å². The third-order valence-corrected chi connectivity index (χ3v) is 6.39. The third-order valence-electron chi connectivity index (χ3n) is 6.39. The van der Waals surface area contributed by atoms with E-state index >= 15 is 0 Å². The molecule has 2 N–H and O–H groups in total. The molecule has 2 aromatic rings. The SMILES string of the molecule is CCCCCCNCc1ccc(COc2cccc3c2CN(C(CCC=O)C(=O)NC)C3=O)cc1. The predicted octanol–water partition coefficient (Wildman–Crippen LogP) is 3.99. The summed E-state index contributed by atoms with van der Waals surface area (Å²) in [5.41, 5.74) is 3.61. The van der Waals surface area contributed by atoms with Crippen LogP contribution in [0.1, 0.15) is 72.5 Å². The van der Waals surface area contributed by atoms with Crippen molar-refractivity contribution in [3.63, 3.8) is 0 Å². The van der Waals surface area contributed by atoms with Gasteiger partial charge in [-0.15, -0.1) is 0 Å². The summed E-state index contributed by atoms with van der Waals surface area (Å²) in [7, 11) is 1.54. The number of fused-ring (bicyclic) bond motifs is 1. The number of carbonyl (C=O) groups is 3. The van der Waals surface area contributed by atoms with Crippen LogP contribution in [0.15, 0.2) is 42.5 Å². The molecular weight excluding hydrogens is 442 g/mol. The van der Waals surface area contributed by atoms with Crippen molar-refractivity contribution in [2.75, 3.05) is 13.6 Å². The fourth-order valence-corrected chi connectivity index (χ4v) is 4.36. The number of carbonyl (C=O) groups excluding carboxylic acids is 3. The number of benzene rings is 2. The van der Waals surface area contributed by atoms with Crippen molar-refractivity contribution in [1.82, 2.24) is 15.5 Å². The second kappa shape index (κ2) is 13.6. The first-order valence-corrected chi connectivity index (χ1v) is 12.6. The second-order valence-corrected chi connectivity index (χ2v) is 8.93. The van der Waals surface area contributed by atoms with Crippen LogP contribution >= 0.6 is 0 Å². The van der Waals surface area contributed by atoms with E-state index in [0.717, 1.165) is 30.5 Å². The largest absolute Gasteiger partial charge is 0.489 e. The Hall–Kier alpha value is -3.19. The maximum atomic E-state index is 13.0. The Morgan fingerprint density at radius 3 is 2.60 bits per heavy atom. The number of nitrogens with zero attached hydrogens (tertiary/aromatic N) is 1. The molecule has 1 atom stereocenters. The average molecular weight is 480 g/mol. The van der Waals surface area contributed by atoms with E-state index < -0.39 is 6.04 Å². The minimum Gasteiger partial charge on any atom is -0.489 e. The number of aldehydes is 1. The van der Waals surface area contributed by atoms with E-state index in [9.17, 15) is 14.4 Å². The first-order valence-electron chi connectivity index (χ1n) is 12.6. The van der Waals surface area contributed by atoms with Gasteiger partial charge in [-0.1, -0.05) is 56.5 Å². The fraction of sp³-hybridized carbons (Fsp3) is 0.464. The first-order chi connectivity index (χ1) is 17.1. The van der Waals surface area contributed by atoms with Crippen LogP contribution in [0.5, 0.6) is 5.75 Å². The molecule has 7 heteroatoms. The van der Waals surface area contributed by atoms with Gasteiger partial charge in [-0.05, 0) is 42.6 Å². The first kappa shape index (κ1) is 26.4. The number of ether oxygens (including phenoxy) is 1. The maximum absolute atomic E-state index is 13.0. The molecule has 1 aliphatic rings. The Kier molecular flexibility index (Phi) is 10.3. The summed E-state index contributed by atoms with van der Waals surface area (Å²) in [6.07, 6.45) is 6.31. The van der Waals surface area contributed by atoms with Crippen LogP contribution in [0.2, 0.25) is 0 Å². The zero-order chi connectivity index (χ0) is 25.0. The van der Waals surface area contributed by atoms with E-state index in [2.05, 4.69) is 41.8 Å². The summed E-state index contributed by atoms with van der Waals surface area (Å²) in [6.45, 7) is 4.78. The number of unbranched alkanes of at least 4 members (excludes halogenated alkanes) is 3. The maximum Gasteiger partial charge on any atom is 0.255 e. The Labute approximate surface area is 208 Å². The molecule has 0 saturated carbocycles. The van der Waals surface area contributed by atoms with E-state index in [-0.39, 0.29) is 24.8 Å². The monoisotopic (exact) mass is 479 g/mol. The molecule has 1 heterocycles. The normalized spacial score (nSPS) is 13.4. The van der Waals surface area contributed by atoms with Crippen LogP contribution in [0.4, 0.5) is 0 Å². The number of nitrogens with one attached hydrogen (secondary N) is 2. The molecule has 0 aromatic heterocycles. The lowest BCUT2D eigenvalue weighted by atomic mass is 10.1. The second-order valence-electron chi connectivity index (χ2n) is 8.93. The van der Waals surface area contributed by atoms with Crippen molar-refractivity contribution in [2.45, 2.75) is 71.2 Å². The third kappa shape index (κ3) is 7.15. The molecule has 7 nitrogen and oxygen atoms in total.